The molecule has 6 heteroatoms. The fraction of sp³-hybridized carbons (Fsp3) is 0.875. The number of esters is 2. The molecule has 0 spiro atoms. The van der Waals surface area contributed by atoms with Crippen LogP contribution in [0.5, 0.6) is 0 Å². The predicted octanol–water partition coefficient (Wildman–Crippen LogP) is 1.46. The Balaban J connectivity index is 1.52. The summed E-state index contributed by atoms with van der Waals surface area (Å²) in [4.78, 5) is 24.6. The summed E-state index contributed by atoms with van der Waals surface area (Å²) in [5, 5.41) is 0. The van der Waals surface area contributed by atoms with Crippen LogP contribution in [0.1, 0.15) is 39.5 Å². The quantitative estimate of drug-likeness (QED) is 0.546. The summed E-state index contributed by atoms with van der Waals surface area (Å²) in [6.45, 7) is 5.57. The normalized spacial score (nSPS) is 39.9. The van der Waals surface area contributed by atoms with Gasteiger partial charge in [0, 0.05) is 0 Å². The van der Waals surface area contributed by atoms with Gasteiger partial charge in [-0.25, -0.2) is 0 Å². The highest BCUT2D eigenvalue weighted by Gasteiger charge is 2.45. The number of carbonyl (C=O) groups is 2. The number of ether oxygens (including phenoxy) is 4. The monoisotopic (exact) mass is 312 g/mol. The minimum atomic E-state index is -0.392. The SMILES string of the molecule is CC1(COC(=O)C2CCCCC2C(=O)OCC2(C)CO2)CO1. The van der Waals surface area contributed by atoms with Gasteiger partial charge in [-0.1, -0.05) is 12.8 Å². The number of hydrogen-bond acceptors (Lipinski definition) is 6. The molecule has 0 N–H and O–H groups in total. The first kappa shape index (κ1) is 15.7. The Kier molecular flexibility index (Phi) is 4.16. The maximum absolute atomic E-state index is 12.3. The third kappa shape index (κ3) is 3.79. The van der Waals surface area contributed by atoms with Crippen LogP contribution in [0.4, 0.5) is 0 Å². The third-order valence-electron chi connectivity index (χ3n) is 4.69. The van der Waals surface area contributed by atoms with Crippen LogP contribution in [-0.2, 0) is 28.5 Å². The fourth-order valence-electron chi connectivity index (χ4n) is 2.77. The van der Waals surface area contributed by atoms with Gasteiger partial charge in [0.1, 0.15) is 24.4 Å². The Hall–Kier alpha value is -1.14. The highest BCUT2D eigenvalue weighted by molar-refractivity contribution is 5.82. The molecule has 0 aromatic carbocycles. The van der Waals surface area contributed by atoms with Gasteiger partial charge in [0.15, 0.2) is 0 Å². The number of epoxide rings is 2. The van der Waals surface area contributed by atoms with Crippen molar-refractivity contribution in [2.75, 3.05) is 26.4 Å². The van der Waals surface area contributed by atoms with E-state index in [1.54, 1.807) is 0 Å². The molecule has 6 nitrogen and oxygen atoms in total. The Morgan fingerprint density at radius 3 is 1.59 bits per heavy atom. The van der Waals surface area contributed by atoms with Crippen molar-refractivity contribution in [3.63, 3.8) is 0 Å². The van der Waals surface area contributed by atoms with Gasteiger partial charge in [-0.15, -0.1) is 0 Å². The van der Waals surface area contributed by atoms with Gasteiger partial charge in [-0.3, -0.25) is 9.59 Å². The molecule has 3 fully saturated rings. The lowest BCUT2D eigenvalue weighted by Crippen LogP contribution is -2.37. The summed E-state index contributed by atoms with van der Waals surface area (Å²) in [7, 11) is 0. The van der Waals surface area contributed by atoms with Crippen molar-refractivity contribution in [2.24, 2.45) is 11.8 Å². The predicted molar refractivity (Wildman–Crippen MR) is 76.1 cm³/mol. The van der Waals surface area contributed by atoms with E-state index in [9.17, 15) is 9.59 Å². The Labute approximate surface area is 130 Å². The van der Waals surface area contributed by atoms with Crippen LogP contribution >= 0.6 is 0 Å². The van der Waals surface area contributed by atoms with Gasteiger partial charge < -0.3 is 18.9 Å². The molecule has 2 aliphatic heterocycles. The van der Waals surface area contributed by atoms with Crippen LogP contribution in [0.3, 0.4) is 0 Å². The summed E-state index contributed by atoms with van der Waals surface area (Å²) in [6.07, 6.45) is 3.25. The minimum Gasteiger partial charge on any atom is -0.462 e. The molecule has 4 unspecified atom stereocenters. The lowest BCUT2D eigenvalue weighted by molar-refractivity contribution is -0.164. The standard InChI is InChI=1S/C16H24O6/c1-15(9-21-15)7-19-13(17)11-5-3-4-6-12(11)14(18)20-8-16(2)10-22-16/h11-12H,3-10H2,1-2H3. The van der Waals surface area contributed by atoms with E-state index in [0.29, 0.717) is 26.1 Å². The molecular weight excluding hydrogens is 288 g/mol. The largest absolute Gasteiger partial charge is 0.462 e. The van der Waals surface area contributed by atoms with Crippen molar-refractivity contribution in [2.45, 2.75) is 50.7 Å². The zero-order chi connectivity index (χ0) is 15.8. The molecular formula is C16H24O6. The Bertz CT molecular complexity index is 410. The molecule has 0 aromatic rings. The van der Waals surface area contributed by atoms with Crippen LogP contribution < -0.4 is 0 Å². The van der Waals surface area contributed by atoms with Gasteiger partial charge >= 0.3 is 11.9 Å². The van der Waals surface area contributed by atoms with E-state index in [0.717, 1.165) is 12.8 Å². The van der Waals surface area contributed by atoms with Crippen LogP contribution in [0.25, 0.3) is 0 Å². The second-order valence-electron chi connectivity index (χ2n) is 7.19. The molecule has 2 saturated heterocycles. The summed E-state index contributed by atoms with van der Waals surface area (Å²) in [5.41, 5.74) is -0.642. The smallest absolute Gasteiger partial charge is 0.309 e. The second-order valence-corrected chi connectivity index (χ2v) is 7.19. The van der Waals surface area contributed by atoms with Crippen molar-refractivity contribution in [1.82, 2.24) is 0 Å². The number of hydrogen-bond donors (Lipinski definition) is 0. The average Bonchev–Trinajstić information content (AvgIpc) is 3.43. The minimum absolute atomic E-state index is 0.260. The molecule has 0 bridgehead atoms. The van der Waals surface area contributed by atoms with Gasteiger partial charge in [0.05, 0.1) is 25.0 Å². The van der Waals surface area contributed by atoms with E-state index in [1.807, 2.05) is 13.8 Å². The van der Waals surface area contributed by atoms with Gasteiger partial charge in [-0.2, -0.15) is 0 Å². The molecule has 4 atom stereocenters. The molecule has 124 valence electrons. The van der Waals surface area contributed by atoms with E-state index in [-0.39, 0.29) is 36.4 Å². The first-order valence-corrected chi connectivity index (χ1v) is 8.02. The number of carbonyl (C=O) groups excluding carboxylic acids is 2. The van der Waals surface area contributed by atoms with Crippen molar-refractivity contribution < 1.29 is 28.5 Å². The van der Waals surface area contributed by atoms with Crippen molar-refractivity contribution >= 4 is 11.9 Å². The maximum atomic E-state index is 12.3. The summed E-state index contributed by atoms with van der Waals surface area (Å²) < 4.78 is 21.1. The molecule has 3 rings (SSSR count). The van der Waals surface area contributed by atoms with Crippen molar-refractivity contribution in [3.8, 4) is 0 Å². The van der Waals surface area contributed by atoms with Crippen LogP contribution in [0, 0.1) is 11.8 Å². The van der Waals surface area contributed by atoms with E-state index in [4.69, 9.17) is 18.9 Å². The fourth-order valence-corrected chi connectivity index (χ4v) is 2.77. The molecule has 0 radical (unpaired) electrons. The highest BCUT2D eigenvalue weighted by Crippen LogP contribution is 2.34. The summed E-state index contributed by atoms with van der Waals surface area (Å²) >= 11 is 0. The highest BCUT2D eigenvalue weighted by atomic mass is 16.6. The molecule has 22 heavy (non-hydrogen) atoms. The Morgan fingerprint density at radius 1 is 0.909 bits per heavy atom. The van der Waals surface area contributed by atoms with E-state index >= 15 is 0 Å². The molecule has 1 saturated carbocycles. The molecule has 0 amide bonds. The molecule has 3 aliphatic rings. The summed E-state index contributed by atoms with van der Waals surface area (Å²) in [6, 6.07) is 0. The van der Waals surface area contributed by atoms with Crippen LogP contribution in [0.15, 0.2) is 0 Å². The van der Waals surface area contributed by atoms with Crippen LogP contribution in [-0.4, -0.2) is 49.6 Å². The van der Waals surface area contributed by atoms with Gasteiger partial charge in [0.25, 0.3) is 0 Å². The zero-order valence-corrected chi connectivity index (χ0v) is 13.3. The van der Waals surface area contributed by atoms with E-state index < -0.39 is 11.8 Å². The maximum Gasteiger partial charge on any atom is 0.309 e. The second kappa shape index (κ2) is 5.81. The van der Waals surface area contributed by atoms with Gasteiger partial charge in [-0.05, 0) is 26.7 Å². The van der Waals surface area contributed by atoms with Crippen molar-refractivity contribution in [1.29, 1.82) is 0 Å². The lowest BCUT2D eigenvalue weighted by atomic mass is 9.79. The third-order valence-corrected chi connectivity index (χ3v) is 4.69. The average molecular weight is 312 g/mol. The molecule has 2 heterocycles. The lowest BCUT2D eigenvalue weighted by Gasteiger charge is -2.28. The molecule has 0 aromatic heterocycles. The first-order valence-electron chi connectivity index (χ1n) is 8.02. The van der Waals surface area contributed by atoms with Crippen molar-refractivity contribution in [3.05, 3.63) is 0 Å². The van der Waals surface area contributed by atoms with E-state index in [1.165, 1.54) is 0 Å². The zero-order valence-electron chi connectivity index (χ0n) is 13.3. The summed E-state index contributed by atoms with van der Waals surface area (Å²) in [5.74, 6) is -1.38. The van der Waals surface area contributed by atoms with E-state index in [2.05, 4.69) is 0 Å². The Morgan fingerprint density at radius 2 is 1.27 bits per heavy atom. The topological polar surface area (TPSA) is 77.7 Å². The number of rotatable bonds is 6. The first-order chi connectivity index (χ1) is 10.4. The molecule has 1 aliphatic carbocycles. The van der Waals surface area contributed by atoms with Crippen LogP contribution in [0.2, 0.25) is 0 Å². The van der Waals surface area contributed by atoms with Gasteiger partial charge in [0.2, 0.25) is 0 Å².